The minimum Gasteiger partial charge on any atom is -0.272 e. The molecule has 162 valence electrons. The fraction of sp³-hybridized carbons (Fsp3) is 0.0476. The van der Waals surface area contributed by atoms with E-state index in [2.05, 4.69) is 15.8 Å². The summed E-state index contributed by atoms with van der Waals surface area (Å²) in [7, 11) is 0. The summed E-state index contributed by atoms with van der Waals surface area (Å²) in [4.78, 5) is 42.0. The first-order valence-corrected chi connectivity index (χ1v) is 11.0. The van der Waals surface area contributed by atoms with Crippen molar-refractivity contribution < 1.29 is 18.4 Å². The van der Waals surface area contributed by atoms with Crippen LogP contribution in [-0.4, -0.2) is 27.1 Å². The number of thioether (sulfide) groups is 1. The number of hydrazine groups is 1. The zero-order chi connectivity index (χ0) is 22.7. The summed E-state index contributed by atoms with van der Waals surface area (Å²) in [6.07, 6.45) is 0. The molecule has 32 heavy (non-hydrogen) atoms. The predicted octanol–water partition coefficient (Wildman–Crippen LogP) is 3.28. The van der Waals surface area contributed by atoms with E-state index in [-0.39, 0.29) is 22.0 Å². The largest absolute Gasteiger partial charge is 0.279 e. The van der Waals surface area contributed by atoms with Crippen LogP contribution in [0.2, 0.25) is 0 Å². The lowest BCUT2D eigenvalue weighted by atomic mass is 10.2. The molecule has 4 aromatic rings. The molecular weight excluding hydrogens is 458 g/mol. The minimum atomic E-state index is -0.946. The van der Waals surface area contributed by atoms with E-state index >= 15 is 0 Å². The van der Waals surface area contributed by atoms with Gasteiger partial charge in [-0.05, 0) is 35.7 Å². The van der Waals surface area contributed by atoms with E-state index in [1.54, 1.807) is 41.8 Å². The molecule has 7 nitrogen and oxygen atoms in total. The summed E-state index contributed by atoms with van der Waals surface area (Å²) in [6.45, 7) is 0. The molecule has 0 atom stereocenters. The molecule has 0 saturated heterocycles. The standard InChI is InChI=1S/C21H14F2N4O3S2/c22-12-7-8-16(14(23)10-12)27-20(30)13-4-1-2-5-15(13)24-21(27)32-11-18(28)25-26-19(29)17-6-3-9-31-17/h1-10H,11H2,(H,25,28)(H,26,29). The number of carbonyl (C=O) groups excluding carboxylic acids is 2. The molecule has 0 unspecified atom stereocenters. The highest BCUT2D eigenvalue weighted by atomic mass is 32.2. The number of aromatic nitrogens is 2. The van der Waals surface area contributed by atoms with E-state index in [1.165, 1.54) is 11.3 Å². The van der Waals surface area contributed by atoms with E-state index in [0.29, 0.717) is 16.5 Å². The number of carbonyl (C=O) groups is 2. The summed E-state index contributed by atoms with van der Waals surface area (Å²) < 4.78 is 28.9. The number of amides is 2. The number of fused-ring (bicyclic) bond motifs is 1. The highest BCUT2D eigenvalue weighted by molar-refractivity contribution is 7.99. The molecule has 2 N–H and O–H groups in total. The Balaban J connectivity index is 1.60. The minimum absolute atomic E-state index is 0.0407. The Labute approximate surface area is 188 Å². The predicted molar refractivity (Wildman–Crippen MR) is 118 cm³/mol. The van der Waals surface area contributed by atoms with Gasteiger partial charge >= 0.3 is 0 Å². The molecule has 2 aromatic carbocycles. The van der Waals surface area contributed by atoms with Gasteiger partial charge < -0.3 is 0 Å². The Hall–Kier alpha value is -3.57. The second-order valence-electron chi connectivity index (χ2n) is 6.42. The van der Waals surface area contributed by atoms with Crippen LogP contribution >= 0.6 is 23.1 Å². The van der Waals surface area contributed by atoms with Crippen molar-refractivity contribution in [3.8, 4) is 5.69 Å². The van der Waals surface area contributed by atoms with Crippen molar-refractivity contribution >= 4 is 45.8 Å². The summed E-state index contributed by atoms with van der Waals surface area (Å²) >= 11 is 2.09. The Morgan fingerprint density at radius 1 is 1.06 bits per heavy atom. The fourth-order valence-electron chi connectivity index (χ4n) is 2.85. The molecule has 0 aliphatic carbocycles. The summed E-state index contributed by atoms with van der Waals surface area (Å²) in [5.74, 6) is -2.99. The first-order valence-electron chi connectivity index (χ1n) is 9.17. The lowest BCUT2D eigenvalue weighted by Crippen LogP contribution is -2.42. The van der Waals surface area contributed by atoms with Gasteiger partial charge in [0.1, 0.15) is 11.6 Å². The smallest absolute Gasteiger partial charge is 0.272 e. The number of benzene rings is 2. The van der Waals surface area contributed by atoms with Gasteiger partial charge in [0.2, 0.25) is 5.91 Å². The molecular formula is C21H14F2N4O3S2. The molecule has 2 heterocycles. The van der Waals surface area contributed by atoms with Crippen LogP contribution < -0.4 is 16.4 Å². The first kappa shape index (κ1) is 21.7. The molecule has 4 rings (SSSR count). The van der Waals surface area contributed by atoms with Gasteiger partial charge in [-0.1, -0.05) is 30.0 Å². The highest BCUT2D eigenvalue weighted by Crippen LogP contribution is 2.23. The van der Waals surface area contributed by atoms with Crippen molar-refractivity contribution in [1.29, 1.82) is 0 Å². The zero-order valence-electron chi connectivity index (χ0n) is 16.2. The second kappa shape index (κ2) is 9.28. The van der Waals surface area contributed by atoms with Crippen LogP contribution in [0.25, 0.3) is 16.6 Å². The van der Waals surface area contributed by atoms with Crippen molar-refractivity contribution in [2.24, 2.45) is 0 Å². The van der Waals surface area contributed by atoms with Crippen LogP contribution in [0.15, 0.2) is 69.9 Å². The number of thiophene rings is 1. The normalized spacial score (nSPS) is 10.8. The molecule has 0 fully saturated rings. The van der Waals surface area contributed by atoms with Crippen LogP contribution in [0, 0.1) is 11.6 Å². The van der Waals surface area contributed by atoms with Gasteiger partial charge in [-0.2, -0.15) is 0 Å². The van der Waals surface area contributed by atoms with Crippen molar-refractivity contribution in [3.05, 3.63) is 86.8 Å². The van der Waals surface area contributed by atoms with Crippen molar-refractivity contribution in [1.82, 2.24) is 20.4 Å². The Morgan fingerprint density at radius 3 is 2.62 bits per heavy atom. The summed E-state index contributed by atoms with van der Waals surface area (Å²) in [5.41, 5.74) is 4.19. The lowest BCUT2D eigenvalue weighted by molar-refractivity contribution is -0.119. The zero-order valence-corrected chi connectivity index (χ0v) is 17.8. The van der Waals surface area contributed by atoms with E-state index in [0.717, 1.165) is 28.5 Å². The SMILES string of the molecule is O=C(CSc1nc2ccccc2c(=O)n1-c1ccc(F)cc1F)NNC(=O)c1cccs1. The van der Waals surface area contributed by atoms with Crippen molar-refractivity contribution in [2.75, 3.05) is 5.75 Å². The maximum absolute atomic E-state index is 14.5. The molecule has 2 amide bonds. The number of nitrogens with one attached hydrogen (secondary N) is 2. The van der Waals surface area contributed by atoms with Gasteiger partial charge in [-0.3, -0.25) is 29.8 Å². The third-order valence-corrected chi connectivity index (χ3v) is 6.10. The van der Waals surface area contributed by atoms with Crippen molar-refractivity contribution in [3.63, 3.8) is 0 Å². The number of para-hydroxylation sites is 1. The lowest BCUT2D eigenvalue weighted by Gasteiger charge is -2.14. The number of nitrogens with zero attached hydrogens (tertiary/aromatic N) is 2. The van der Waals surface area contributed by atoms with Gasteiger partial charge in [0.15, 0.2) is 5.16 Å². The van der Waals surface area contributed by atoms with E-state index in [1.807, 2.05) is 0 Å². The van der Waals surface area contributed by atoms with Gasteiger partial charge in [0.25, 0.3) is 11.5 Å². The van der Waals surface area contributed by atoms with Crippen LogP contribution in [-0.2, 0) is 4.79 Å². The fourth-order valence-corrected chi connectivity index (χ4v) is 4.27. The van der Waals surface area contributed by atoms with Gasteiger partial charge in [-0.25, -0.2) is 13.8 Å². The maximum Gasteiger partial charge on any atom is 0.279 e. The molecule has 0 spiro atoms. The number of rotatable bonds is 5. The Bertz CT molecular complexity index is 1370. The van der Waals surface area contributed by atoms with E-state index in [4.69, 9.17) is 0 Å². The molecule has 0 saturated carbocycles. The molecule has 0 aliphatic heterocycles. The molecule has 11 heteroatoms. The number of hydrogen-bond donors (Lipinski definition) is 2. The average Bonchev–Trinajstić information content (AvgIpc) is 3.32. The third-order valence-electron chi connectivity index (χ3n) is 4.29. The van der Waals surface area contributed by atoms with E-state index < -0.39 is 29.0 Å². The molecule has 0 bridgehead atoms. The quantitative estimate of drug-likeness (QED) is 0.264. The second-order valence-corrected chi connectivity index (χ2v) is 8.31. The van der Waals surface area contributed by atoms with Crippen LogP contribution in [0.5, 0.6) is 0 Å². The molecule has 2 aromatic heterocycles. The average molecular weight is 472 g/mol. The maximum atomic E-state index is 14.5. The highest BCUT2D eigenvalue weighted by Gasteiger charge is 2.18. The van der Waals surface area contributed by atoms with Crippen LogP contribution in [0.3, 0.4) is 0 Å². The number of halogens is 2. The van der Waals surface area contributed by atoms with Crippen LogP contribution in [0.1, 0.15) is 9.67 Å². The van der Waals surface area contributed by atoms with Gasteiger partial charge in [0, 0.05) is 6.07 Å². The monoisotopic (exact) mass is 472 g/mol. The van der Waals surface area contributed by atoms with Gasteiger partial charge in [0.05, 0.1) is 27.2 Å². The number of hydrogen-bond acceptors (Lipinski definition) is 6. The van der Waals surface area contributed by atoms with E-state index in [9.17, 15) is 23.2 Å². The van der Waals surface area contributed by atoms with Crippen molar-refractivity contribution in [2.45, 2.75) is 5.16 Å². The topological polar surface area (TPSA) is 93.1 Å². The summed E-state index contributed by atoms with van der Waals surface area (Å²) in [6, 6.07) is 12.6. The van der Waals surface area contributed by atoms with Gasteiger partial charge in [-0.15, -0.1) is 11.3 Å². The first-order chi connectivity index (χ1) is 15.4. The van der Waals surface area contributed by atoms with Crippen LogP contribution in [0.4, 0.5) is 8.78 Å². The molecule has 0 aliphatic rings. The Morgan fingerprint density at radius 2 is 1.88 bits per heavy atom. The Kier molecular flexibility index (Phi) is 6.28. The summed E-state index contributed by atoms with van der Waals surface area (Å²) in [5, 5.41) is 2.01. The third kappa shape index (κ3) is 4.53. The molecule has 0 radical (unpaired) electrons.